The van der Waals surface area contributed by atoms with Gasteiger partial charge in [0.1, 0.15) is 12.1 Å². The van der Waals surface area contributed by atoms with Gasteiger partial charge in [-0.3, -0.25) is 0 Å². The second-order valence-electron chi connectivity index (χ2n) is 5.91. The number of nitrogens with one attached hydrogen (secondary N) is 1. The van der Waals surface area contributed by atoms with Crippen LogP contribution in [0, 0.1) is 18.8 Å². The van der Waals surface area contributed by atoms with E-state index < -0.39 is 0 Å². The molecule has 0 aliphatic rings. The van der Waals surface area contributed by atoms with Crippen LogP contribution in [0.2, 0.25) is 5.02 Å². The number of rotatable bonds is 5. The van der Waals surface area contributed by atoms with E-state index in [9.17, 15) is 0 Å². The highest BCUT2D eigenvalue weighted by molar-refractivity contribution is 6.31. The van der Waals surface area contributed by atoms with Gasteiger partial charge in [0.2, 0.25) is 0 Å². The van der Waals surface area contributed by atoms with Gasteiger partial charge in [-0.25, -0.2) is 9.97 Å². The van der Waals surface area contributed by atoms with E-state index in [2.05, 4.69) is 27.1 Å². The lowest BCUT2D eigenvalue weighted by molar-refractivity contribution is 0.184. The van der Waals surface area contributed by atoms with Crippen LogP contribution in [0.5, 0.6) is 0 Å². The van der Waals surface area contributed by atoms with Gasteiger partial charge in [-0.1, -0.05) is 41.6 Å². The Balaban J connectivity index is 1.68. The predicted molar refractivity (Wildman–Crippen MR) is 106 cm³/mol. The molecule has 0 aliphatic carbocycles. The summed E-state index contributed by atoms with van der Waals surface area (Å²) in [6.07, 6.45) is 2.27. The third-order valence-electron chi connectivity index (χ3n) is 3.98. The number of methoxy groups -OCH3 is 1. The Morgan fingerprint density at radius 1 is 1.19 bits per heavy atom. The molecular weight excluding hydrogens is 346 g/mol. The monoisotopic (exact) mass is 365 g/mol. The largest absolute Gasteiger partial charge is 0.380 e. The first-order chi connectivity index (χ1) is 12.7. The third kappa shape index (κ3) is 4.32. The van der Waals surface area contributed by atoms with Gasteiger partial charge >= 0.3 is 0 Å². The molecule has 1 heterocycles. The summed E-state index contributed by atoms with van der Waals surface area (Å²) in [6, 6.07) is 11.8. The maximum Gasteiger partial charge on any atom is 0.137 e. The summed E-state index contributed by atoms with van der Waals surface area (Å²) >= 11 is 6.17. The number of nitrogens with zero attached hydrogens (tertiary/aromatic N) is 2. The Hall–Kier alpha value is -2.61. The van der Waals surface area contributed by atoms with E-state index in [1.54, 1.807) is 13.4 Å². The number of hydrogen-bond donors (Lipinski definition) is 1. The quantitative estimate of drug-likeness (QED) is 0.530. The van der Waals surface area contributed by atoms with Crippen LogP contribution in [0.4, 0.5) is 5.82 Å². The molecule has 0 amide bonds. The van der Waals surface area contributed by atoms with Crippen molar-refractivity contribution < 1.29 is 4.74 Å². The molecule has 0 saturated heterocycles. The van der Waals surface area contributed by atoms with E-state index in [1.165, 1.54) is 0 Å². The zero-order valence-corrected chi connectivity index (χ0v) is 15.6. The van der Waals surface area contributed by atoms with Crippen LogP contribution in [0.1, 0.15) is 23.1 Å². The van der Waals surface area contributed by atoms with Crippen molar-refractivity contribution in [1.82, 2.24) is 9.97 Å². The normalized spacial score (nSPS) is 10.4. The summed E-state index contributed by atoms with van der Waals surface area (Å²) in [5.41, 5.74) is 4.05. The Morgan fingerprint density at radius 3 is 2.88 bits per heavy atom. The number of aromatic nitrogens is 2. The second-order valence-corrected chi connectivity index (χ2v) is 6.35. The predicted octanol–water partition coefficient (Wildman–Crippen LogP) is 4.59. The highest BCUT2D eigenvalue weighted by Crippen LogP contribution is 2.26. The Bertz CT molecular complexity index is 976. The first-order valence-electron chi connectivity index (χ1n) is 8.39. The molecule has 5 heteroatoms. The maximum absolute atomic E-state index is 6.17. The number of aryl methyl sites for hydroxylation is 1. The zero-order valence-electron chi connectivity index (χ0n) is 14.8. The molecule has 26 heavy (non-hydrogen) atoms. The minimum Gasteiger partial charge on any atom is -0.380 e. The summed E-state index contributed by atoms with van der Waals surface area (Å²) in [7, 11) is 1.69. The second kappa shape index (κ2) is 8.66. The molecule has 0 saturated carbocycles. The SMILES string of the molecule is COCc1ccccc1C#CCCNc1ncnc2c(C)cc(Cl)cc12. The van der Waals surface area contributed by atoms with E-state index in [-0.39, 0.29) is 0 Å². The molecule has 0 aliphatic heterocycles. The lowest BCUT2D eigenvalue weighted by Crippen LogP contribution is -2.04. The number of fused-ring (bicyclic) bond motifs is 1. The smallest absolute Gasteiger partial charge is 0.137 e. The minimum atomic E-state index is 0.566. The minimum absolute atomic E-state index is 0.566. The molecule has 0 bridgehead atoms. The lowest BCUT2D eigenvalue weighted by atomic mass is 10.1. The molecule has 1 aromatic heterocycles. The van der Waals surface area contributed by atoms with Crippen LogP contribution in [-0.2, 0) is 11.3 Å². The van der Waals surface area contributed by atoms with Gasteiger partial charge in [0.15, 0.2) is 0 Å². The van der Waals surface area contributed by atoms with E-state index in [0.29, 0.717) is 24.6 Å². The van der Waals surface area contributed by atoms with Crippen LogP contribution in [0.25, 0.3) is 10.9 Å². The van der Waals surface area contributed by atoms with Crippen molar-refractivity contribution in [1.29, 1.82) is 0 Å². The van der Waals surface area contributed by atoms with Crippen LogP contribution in [-0.4, -0.2) is 23.6 Å². The van der Waals surface area contributed by atoms with Gasteiger partial charge in [-0.2, -0.15) is 0 Å². The van der Waals surface area contributed by atoms with Crippen LogP contribution in [0.15, 0.2) is 42.7 Å². The standard InChI is InChI=1S/C21H20ClN3O/c1-15-11-18(22)12-19-20(15)24-14-25-21(19)23-10-6-5-8-16-7-3-4-9-17(16)13-26-2/h3-4,7,9,11-12,14H,6,10,13H2,1-2H3,(H,23,24,25). The molecule has 0 fully saturated rings. The molecule has 1 N–H and O–H groups in total. The first kappa shape index (κ1) is 18.2. The Labute approximate surface area is 158 Å². The third-order valence-corrected chi connectivity index (χ3v) is 4.19. The fourth-order valence-corrected chi connectivity index (χ4v) is 3.04. The lowest BCUT2D eigenvalue weighted by Gasteiger charge is -2.08. The van der Waals surface area contributed by atoms with Crippen LogP contribution < -0.4 is 5.32 Å². The Morgan fingerprint density at radius 2 is 2.04 bits per heavy atom. The number of anilines is 1. The van der Waals surface area contributed by atoms with Crippen molar-refractivity contribution in [2.24, 2.45) is 0 Å². The van der Waals surface area contributed by atoms with E-state index in [1.807, 2.05) is 43.3 Å². The van der Waals surface area contributed by atoms with Crippen LogP contribution in [0.3, 0.4) is 0 Å². The van der Waals surface area contributed by atoms with Crippen LogP contribution >= 0.6 is 11.6 Å². The van der Waals surface area contributed by atoms with Gasteiger partial charge in [-0.15, -0.1) is 0 Å². The number of hydrogen-bond acceptors (Lipinski definition) is 4. The summed E-state index contributed by atoms with van der Waals surface area (Å²) in [5, 5.41) is 4.94. The van der Waals surface area contributed by atoms with Crippen molar-refractivity contribution in [3.63, 3.8) is 0 Å². The average Bonchev–Trinajstić information content (AvgIpc) is 2.63. The summed E-state index contributed by atoms with van der Waals surface area (Å²) in [6.45, 7) is 3.25. The van der Waals surface area contributed by atoms with Gasteiger partial charge in [0, 0.05) is 36.0 Å². The van der Waals surface area contributed by atoms with Crippen molar-refractivity contribution in [2.45, 2.75) is 20.0 Å². The van der Waals surface area contributed by atoms with Crippen molar-refractivity contribution in [3.8, 4) is 11.8 Å². The summed E-state index contributed by atoms with van der Waals surface area (Å²) in [5.74, 6) is 7.20. The van der Waals surface area contributed by atoms with Gasteiger partial charge in [-0.05, 0) is 36.2 Å². The molecule has 0 spiro atoms. The highest BCUT2D eigenvalue weighted by Gasteiger charge is 2.06. The molecule has 132 valence electrons. The highest BCUT2D eigenvalue weighted by atomic mass is 35.5. The molecule has 3 rings (SSSR count). The van der Waals surface area contributed by atoms with E-state index in [0.717, 1.165) is 33.4 Å². The Kier molecular flexibility index (Phi) is 6.06. The number of ether oxygens (including phenoxy) is 1. The molecule has 0 atom stereocenters. The zero-order chi connectivity index (χ0) is 18.4. The number of benzene rings is 2. The summed E-state index contributed by atoms with van der Waals surface area (Å²) in [4.78, 5) is 8.68. The van der Waals surface area contributed by atoms with Gasteiger partial charge in [0.05, 0.1) is 12.1 Å². The van der Waals surface area contributed by atoms with Crippen molar-refractivity contribution in [2.75, 3.05) is 19.0 Å². The van der Waals surface area contributed by atoms with E-state index >= 15 is 0 Å². The molecule has 4 nitrogen and oxygen atoms in total. The van der Waals surface area contributed by atoms with Gasteiger partial charge < -0.3 is 10.1 Å². The molecular formula is C21H20ClN3O. The summed E-state index contributed by atoms with van der Waals surface area (Å²) < 4.78 is 5.21. The average molecular weight is 366 g/mol. The first-order valence-corrected chi connectivity index (χ1v) is 8.77. The molecule has 0 unspecified atom stereocenters. The van der Waals surface area contributed by atoms with Gasteiger partial charge in [0.25, 0.3) is 0 Å². The fraction of sp³-hybridized carbons (Fsp3) is 0.238. The molecule has 2 aromatic carbocycles. The molecule has 3 aromatic rings. The van der Waals surface area contributed by atoms with E-state index in [4.69, 9.17) is 16.3 Å². The fourth-order valence-electron chi connectivity index (χ4n) is 2.77. The maximum atomic E-state index is 6.17. The topological polar surface area (TPSA) is 47.0 Å². The molecule has 0 radical (unpaired) electrons. The number of halogens is 1. The van der Waals surface area contributed by atoms with Crippen molar-refractivity contribution >= 4 is 28.3 Å². The van der Waals surface area contributed by atoms with Crippen molar-refractivity contribution in [3.05, 3.63) is 64.4 Å².